The monoisotopic (exact) mass is 298 g/mol. The van der Waals surface area contributed by atoms with Crippen LogP contribution in [-0.2, 0) is 21.7 Å². The molecule has 2 aromatic carbocycles. The van der Waals surface area contributed by atoms with E-state index in [0.29, 0.717) is 13.4 Å². The van der Waals surface area contributed by atoms with Crippen LogP contribution in [-0.4, -0.2) is 19.5 Å². The highest BCUT2D eigenvalue weighted by Crippen LogP contribution is 2.36. The lowest BCUT2D eigenvalue weighted by Gasteiger charge is -2.23. The van der Waals surface area contributed by atoms with Crippen LogP contribution < -0.4 is 9.47 Å². The molecule has 22 heavy (non-hydrogen) atoms. The molecule has 0 aromatic heterocycles. The van der Waals surface area contributed by atoms with Gasteiger partial charge in [0, 0.05) is 12.0 Å². The van der Waals surface area contributed by atoms with Crippen molar-refractivity contribution in [2.45, 2.75) is 25.2 Å². The summed E-state index contributed by atoms with van der Waals surface area (Å²) in [4.78, 5) is 0. The highest BCUT2D eigenvalue weighted by molar-refractivity contribution is 5.44. The zero-order valence-corrected chi connectivity index (χ0v) is 12.5. The summed E-state index contributed by atoms with van der Waals surface area (Å²) in [7, 11) is 0. The summed E-state index contributed by atoms with van der Waals surface area (Å²) < 4.78 is 22.8. The van der Waals surface area contributed by atoms with Crippen LogP contribution in [0.25, 0.3) is 0 Å². The highest BCUT2D eigenvalue weighted by atomic mass is 16.7. The van der Waals surface area contributed by atoms with E-state index < -0.39 is 5.79 Å². The highest BCUT2D eigenvalue weighted by Gasteiger charge is 2.38. The topological polar surface area (TPSA) is 36.9 Å². The molecule has 114 valence electrons. The molecule has 1 fully saturated rings. The van der Waals surface area contributed by atoms with E-state index in [4.69, 9.17) is 18.9 Å². The van der Waals surface area contributed by atoms with Crippen LogP contribution in [0.5, 0.6) is 11.5 Å². The fourth-order valence-electron chi connectivity index (χ4n) is 2.96. The number of benzene rings is 2. The Kier molecular flexibility index (Phi) is 3.28. The zero-order valence-electron chi connectivity index (χ0n) is 12.5. The Morgan fingerprint density at radius 2 is 1.86 bits per heavy atom. The van der Waals surface area contributed by atoms with Crippen molar-refractivity contribution in [1.82, 2.24) is 0 Å². The van der Waals surface area contributed by atoms with Crippen molar-refractivity contribution in [3.8, 4) is 11.5 Å². The van der Waals surface area contributed by atoms with Gasteiger partial charge < -0.3 is 18.9 Å². The van der Waals surface area contributed by atoms with Crippen LogP contribution in [0.15, 0.2) is 48.5 Å². The summed E-state index contributed by atoms with van der Waals surface area (Å²) in [5.41, 5.74) is 2.21. The molecule has 0 spiro atoms. The predicted molar refractivity (Wildman–Crippen MR) is 80.9 cm³/mol. The second kappa shape index (κ2) is 5.30. The third-order valence-corrected chi connectivity index (χ3v) is 4.13. The maximum atomic E-state index is 6.16. The molecule has 2 aliphatic rings. The molecule has 4 heteroatoms. The van der Waals surface area contributed by atoms with E-state index in [1.54, 1.807) is 0 Å². The summed E-state index contributed by atoms with van der Waals surface area (Å²) in [5.74, 6) is 0.950. The number of fused-ring (bicyclic) bond motifs is 1. The minimum Gasteiger partial charge on any atom is -0.454 e. The van der Waals surface area contributed by atoms with Crippen molar-refractivity contribution in [3.05, 3.63) is 59.7 Å². The fourth-order valence-corrected chi connectivity index (χ4v) is 2.96. The quantitative estimate of drug-likeness (QED) is 0.871. The van der Waals surface area contributed by atoms with Crippen LogP contribution in [0.4, 0.5) is 0 Å². The fraction of sp³-hybridized carbons (Fsp3) is 0.333. The molecule has 0 N–H and O–H groups in total. The molecule has 4 nitrogen and oxygen atoms in total. The summed E-state index contributed by atoms with van der Waals surface area (Å²) >= 11 is 0. The lowest BCUT2D eigenvalue weighted by atomic mass is 10.1. The third-order valence-electron chi connectivity index (χ3n) is 4.13. The second-order valence-electron chi connectivity index (χ2n) is 5.75. The summed E-state index contributed by atoms with van der Waals surface area (Å²) in [6.45, 7) is 2.86. The first-order valence-electron chi connectivity index (χ1n) is 7.49. The Morgan fingerprint density at radius 1 is 1.05 bits per heavy atom. The molecular formula is C18H18O4. The minimum absolute atomic E-state index is 0.0329. The molecule has 0 amide bonds. The molecule has 0 aliphatic carbocycles. The van der Waals surface area contributed by atoms with Gasteiger partial charge in [-0.15, -0.1) is 0 Å². The van der Waals surface area contributed by atoms with E-state index >= 15 is 0 Å². The minimum atomic E-state index is -0.664. The van der Waals surface area contributed by atoms with Crippen LogP contribution in [0.3, 0.4) is 0 Å². The molecule has 4 rings (SSSR count). The molecule has 2 unspecified atom stereocenters. The van der Waals surface area contributed by atoms with Crippen molar-refractivity contribution in [2.24, 2.45) is 0 Å². The van der Waals surface area contributed by atoms with Crippen molar-refractivity contribution < 1.29 is 18.9 Å². The van der Waals surface area contributed by atoms with Crippen LogP contribution in [0, 0.1) is 0 Å². The van der Waals surface area contributed by atoms with E-state index in [1.807, 2.05) is 49.4 Å². The van der Waals surface area contributed by atoms with Gasteiger partial charge in [0.1, 0.15) is 0 Å². The molecule has 0 bridgehead atoms. The molecule has 2 aromatic rings. The standard InChI is InChI=1S/C18H18O4/c1-18(14-5-3-2-4-6-14)21-11-15(22-18)9-13-7-8-16-17(10-13)20-12-19-16/h2-8,10,15H,9,11-12H2,1H3. The van der Waals surface area contributed by atoms with Gasteiger partial charge in [-0.3, -0.25) is 0 Å². The SMILES string of the molecule is CC1(c2ccccc2)OCC(Cc2ccc3c(c2)OCO3)O1. The largest absolute Gasteiger partial charge is 0.454 e. The van der Waals surface area contributed by atoms with Gasteiger partial charge in [-0.05, 0) is 24.6 Å². The lowest BCUT2D eigenvalue weighted by molar-refractivity contribution is -0.161. The van der Waals surface area contributed by atoms with Gasteiger partial charge in [-0.1, -0.05) is 36.4 Å². The van der Waals surface area contributed by atoms with Crippen LogP contribution in [0.2, 0.25) is 0 Å². The molecule has 2 aliphatic heterocycles. The van der Waals surface area contributed by atoms with Gasteiger partial charge in [0.25, 0.3) is 0 Å². The molecular weight excluding hydrogens is 280 g/mol. The summed E-state index contributed by atoms with van der Waals surface area (Å²) in [5, 5.41) is 0. The first kappa shape index (κ1) is 13.6. The first-order chi connectivity index (χ1) is 10.7. The first-order valence-corrected chi connectivity index (χ1v) is 7.49. The van der Waals surface area contributed by atoms with Gasteiger partial charge in [0.05, 0.1) is 12.7 Å². The predicted octanol–water partition coefficient (Wildman–Crippen LogP) is 3.25. The Labute approximate surface area is 129 Å². The van der Waals surface area contributed by atoms with Crippen LogP contribution >= 0.6 is 0 Å². The summed E-state index contributed by atoms with van der Waals surface area (Å²) in [6, 6.07) is 16.1. The van der Waals surface area contributed by atoms with Gasteiger partial charge in [-0.2, -0.15) is 0 Å². The normalized spacial score (nSPS) is 26.3. The summed E-state index contributed by atoms with van der Waals surface area (Å²) in [6.07, 6.45) is 0.824. The van der Waals surface area contributed by atoms with E-state index in [1.165, 1.54) is 0 Å². The van der Waals surface area contributed by atoms with Crippen molar-refractivity contribution in [3.63, 3.8) is 0 Å². The van der Waals surface area contributed by atoms with Gasteiger partial charge >= 0.3 is 0 Å². The number of ether oxygens (including phenoxy) is 4. The zero-order chi connectivity index (χ0) is 15.0. The maximum absolute atomic E-state index is 6.16. The Bertz CT molecular complexity index is 670. The molecule has 2 heterocycles. The number of hydrogen-bond acceptors (Lipinski definition) is 4. The Morgan fingerprint density at radius 3 is 2.73 bits per heavy atom. The number of rotatable bonds is 3. The number of hydrogen-bond donors (Lipinski definition) is 0. The average Bonchev–Trinajstić information content (AvgIpc) is 3.15. The molecule has 0 saturated carbocycles. The third kappa shape index (κ3) is 2.45. The van der Waals surface area contributed by atoms with E-state index in [2.05, 4.69) is 6.07 Å². The van der Waals surface area contributed by atoms with Gasteiger partial charge in [0.2, 0.25) is 6.79 Å². The maximum Gasteiger partial charge on any atom is 0.231 e. The smallest absolute Gasteiger partial charge is 0.231 e. The molecule has 2 atom stereocenters. The van der Waals surface area contributed by atoms with Gasteiger partial charge in [-0.25, -0.2) is 0 Å². The van der Waals surface area contributed by atoms with Crippen LogP contribution in [0.1, 0.15) is 18.1 Å². The van der Waals surface area contributed by atoms with E-state index in [-0.39, 0.29) is 6.10 Å². The van der Waals surface area contributed by atoms with Gasteiger partial charge in [0.15, 0.2) is 17.3 Å². The Hall–Kier alpha value is -2.04. The average molecular weight is 298 g/mol. The second-order valence-corrected chi connectivity index (χ2v) is 5.75. The lowest BCUT2D eigenvalue weighted by Crippen LogP contribution is -2.24. The van der Waals surface area contributed by atoms with E-state index in [0.717, 1.165) is 29.0 Å². The van der Waals surface area contributed by atoms with Crippen molar-refractivity contribution >= 4 is 0 Å². The van der Waals surface area contributed by atoms with E-state index in [9.17, 15) is 0 Å². The molecule has 1 saturated heterocycles. The van der Waals surface area contributed by atoms with Crippen molar-refractivity contribution in [1.29, 1.82) is 0 Å². The molecule has 0 radical (unpaired) electrons. The Balaban J connectivity index is 1.47. The van der Waals surface area contributed by atoms with Crippen molar-refractivity contribution in [2.75, 3.05) is 13.4 Å².